The first-order valence-electron chi connectivity index (χ1n) is 3.57. The Morgan fingerprint density at radius 1 is 1.77 bits per heavy atom. The number of carbonyl (C=O) groups excluding carboxylic acids is 1. The zero-order valence-electron chi connectivity index (χ0n) is 6.64. The van der Waals surface area contributed by atoms with E-state index in [2.05, 4.69) is 0 Å². The Morgan fingerprint density at radius 3 is 2.85 bits per heavy atom. The maximum atomic E-state index is 10.7. The van der Waals surface area contributed by atoms with Crippen molar-refractivity contribution >= 4 is 5.91 Å². The maximum absolute atomic E-state index is 10.7. The van der Waals surface area contributed by atoms with Crippen LogP contribution in [-0.4, -0.2) is 15.9 Å². The fraction of sp³-hybridized carbons (Fsp3) is 0.286. The number of allylic oxidation sites excluding steroid dienone is 1. The fourth-order valence-electron chi connectivity index (χ4n) is 1.04. The lowest BCUT2D eigenvalue weighted by Crippen LogP contribution is -2.24. The Bertz CT molecular complexity index is 318. The Labute approximate surface area is 73.5 Å². The van der Waals surface area contributed by atoms with Crippen LogP contribution in [-0.2, 0) is 4.79 Å². The molecule has 3 N–H and O–H groups in total. The molecule has 0 radical (unpaired) electrons. The van der Waals surface area contributed by atoms with Crippen LogP contribution < -0.4 is 5.73 Å². The van der Waals surface area contributed by atoms with Gasteiger partial charge in [0.2, 0.25) is 5.91 Å². The number of nitro groups is 1. The number of nitrogens with zero attached hydrogens (tertiary/aromatic N) is 1. The summed E-state index contributed by atoms with van der Waals surface area (Å²) in [4.78, 5) is 20.2. The number of aliphatic hydroxyl groups excluding tert-OH is 1. The zero-order chi connectivity index (χ0) is 10.0. The van der Waals surface area contributed by atoms with Gasteiger partial charge in [0.15, 0.2) is 5.76 Å². The van der Waals surface area contributed by atoms with Crippen LogP contribution in [0.15, 0.2) is 23.6 Å². The van der Waals surface area contributed by atoms with Gasteiger partial charge in [0.05, 0.1) is 10.8 Å². The van der Waals surface area contributed by atoms with Crippen molar-refractivity contribution < 1.29 is 14.8 Å². The molecule has 0 heterocycles. The van der Waals surface area contributed by atoms with Gasteiger partial charge < -0.3 is 10.8 Å². The topological polar surface area (TPSA) is 106 Å². The molecular weight excluding hydrogens is 176 g/mol. The quantitative estimate of drug-likeness (QED) is 0.468. The number of rotatable bonds is 2. The Morgan fingerprint density at radius 2 is 2.38 bits per heavy atom. The number of hydrogen-bond donors (Lipinski definition) is 2. The van der Waals surface area contributed by atoms with E-state index in [-0.39, 0.29) is 6.42 Å². The van der Waals surface area contributed by atoms with Gasteiger partial charge in [-0.05, 0) is 12.5 Å². The van der Waals surface area contributed by atoms with Crippen molar-refractivity contribution in [1.82, 2.24) is 0 Å². The average molecular weight is 184 g/mol. The molecule has 1 aliphatic rings. The number of amides is 1. The van der Waals surface area contributed by atoms with Crippen LogP contribution in [0.1, 0.15) is 6.42 Å². The molecule has 0 saturated heterocycles. The molecule has 6 nitrogen and oxygen atoms in total. The lowest BCUT2D eigenvalue weighted by molar-refractivity contribution is -0.424. The van der Waals surface area contributed by atoms with E-state index in [4.69, 9.17) is 10.8 Å². The summed E-state index contributed by atoms with van der Waals surface area (Å²) >= 11 is 0. The highest BCUT2D eigenvalue weighted by molar-refractivity contribution is 5.79. The number of nitrogens with two attached hydrogens (primary N) is 1. The zero-order valence-corrected chi connectivity index (χ0v) is 6.64. The average Bonchev–Trinajstić information content (AvgIpc) is 2.04. The van der Waals surface area contributed by atoms with Gasteiger partial charge in [0.1, 0.15) is 0 Å². The van der Waals surface area contributed by atoms with Gasteiger partial charge in [-0.3, -0.25) is 14.9 Å². The van der Waals surface area contributed by atoms with E-state index in [1.165, 1.54) is 6.08 Å². The number of carbonyl (C=O) groups is 1. The molecule has 1 aliphatic carbocycles. The van der Waals surface area contributed by atoms with Gasteiger partial charge in [-0.2, -0.15) is 0 Å². The van der Waals surface area contributed by atoms with Gasteiger partial charge in [0.25, 0.3) is 0 Å². The molecule has 13 heavy (non-hydrogen) atoms. The maximum Gasteiger partial charge on any atom is 0.307 e. The summed E-state index contributed by atoms with van der Waals surface area (Å²) in [6.07, 6.45) is 2.49. The van der Waals surface area contributed by atoms with Crippen molar-refractivity contribution in [3.63, 3.8) is 0 Å². The van der Waals surface area contributed by atoms with E-state index in [9.17, 15) is 14.9 Å². The lowest BCUT2D eigenvalue weighted by atomic mass is 9.98. The van der Waals surface area contributed by atoms with Gasteiger partial charge in [-0.15, -0.1) is 0 Å². The molecule has 0 aromatic rings. The van der Waals surface area contributed by atoms with Gasteiger partial charge in [0, 0.05) is 6.08 Å². The largest absolute Gasteiger partial charge is 0.502 e. The minimum absolute atomic E-state index is 0.207. The molecular formula is C7H8N2O4. The third kappa shape index (κ3) is 1.84. The summed E-state index contributed by atoms with van der Waals surface area (Å²) in [7, 11) is 0. The van der Waals surface area contributed by atoms with Crippen molar-refractivity contribution in [1.29, 1.82) is 0 Å². The number of primary amides is 1. The van der Waals surface area contributed by atoms with E-state index in [0.717, 1.165) is 6.08 Å². The molecule has 0 bridgehead atoms. The SMILES string of the molecule is NC(=O)C1C=C([N+](=O)[O-])C(O)=CC1. The highest BCUT2D eigenvalue weighted by Gasteiger charge is 2.26. The molecule has 1 atom stereocenters. The molecule has 70 valence electrons. The Kier molecular flexibility index (Phi) is 2.32. The Balaban J connectivity index is 2.95. The van der Waals surface area contributed by atoms with Crippen molar-refractivity contribution in [2.45, 2.75) is 6.42 Å². The summed E-state index contributed by atoms with van der Waals surface area (Å²) < 4.78 is 0. The molecule has 0 fully saturated rings. The second-order valence-electron chi connectivity index (χ2n) is 2.64. The second kappa shape index (κ2) is 3.26. The standard InChI is InChI=1S/C7H8N2O4/c8-7(11)4-1-2-6(10)5(3-4)9(12)13/h2-4,10H,1H2,(H2,8,11). The van der Waals surface area contributed by atoms with E-state index < -0.39 is 28.2 Å². The minimum Gasteiger partial charge on any atom is -0.502 e. The molecule has 0 spiro atoms. The summed E-state index contributed by atoms with van der Waals surface area (Å²) in [5.74, 6) is -1.75. The molecule has 1 rings (SSSR count). The number of aliphatic hydroxyl groups is 1. The van der Waals surface area contributed by atoms with Crippen LogP contribution in [0.4, 0.5) is 0 Å². The second-order valence-corrected chi connectivity index (χ2v) is 2.64. The van der Waals surface area contributed by atoms with E-state index >= 15 is 0 Å². The first-order chi connectivity index (χ1) is 6.02. The predicted octanol–water partition coefficient (Wildman–Crippen LogP) is 0.0941. The van der Waals surface area contributed by atoms with Crippen LogP contribution in [0.25, 0.3) is 0 Å². The van der Waals surface area contributed by atoms with Crippen molar-refractivity contribution in [3.8, 4) is 0 Å². The highest BCUT2D eigenvalue weighted by atomic mass is 16.6. The highest BCUT2D eigenvalue weighted by Crippen LogP contribution is 2.21. The van der Waals surface area contributed by atoms with Crippen molar-refractivity contribution in [2.24, 2.45) is 11.7 Å². The third-order valence-corrected chi connectivity index (χ3v) is 1.75. The molecule has 6 heteroatoms. The van der Waals surface area contributed by atoms with Crippen LogP contribution in [0.3, 0.4) is 0 Å². The number of hydrogen-bond acceptors (Lipinski definition) is 4. The summed E-state index contributed by atoms with van der Waals surface area (Å²) in [5, 5.41) is 19.4. The molecule has 0 aromatic carbocycles. The van der Waals surface area contributed by atoms with E-state index in [1.807, 2.05) is 0 Å². The summed E-state index contributed by atoms with van der Waals surface area (Å²) in [6.45, 7) is 0. The fourth-order valence-corrected chi connectivity index (χ4v) is 1.04. The van der Waals surface area contributed by atoms with Crippen molar-refractivity contribution in [3.05, 3.63) is 33.7 Å². The lowest BCUT2D eigenvalue weighted by Gasteiger charge is -2.10. The minimum atomic E-state index is -0.749. The van der Waals surface area contributed by atoms with Crippen LogP contribution >= 0.6 is 0 Å². The summed E-state index contributed by atoms with van der Waals surface area (Å²) in [5.41, 5.74) is 4.50. The van der Waals surface area contributed by atoms with Gasteiger partial charge >= 0.3 is 5.70 Å². The summed E-state index contributed by atoms with van der Waals surface area (Å²) in [6, 6.07) is 0. The van der Waals surface area contributed by atoms with Gasteiger partial charge in [-0.25, -0.2) is 0 Å². The van der Waals surface area contributed by atoms with Gasteiger partial charge in [-0.1, -0.05) is 0 Å². The molecule has 0 aromatic heterocycles. The first kappa shape index (κ1) is 9.24. The molecule has 0 saturated carbocycles. The molecule has 0 aliphatic heterocycles. The Hall–Kier alpha value is -1.85. The van der Waals surface area contributed by atoms with E-state index in [0.29, 0.717) is 0 Å². The van der Waals surface area contributed by atoms with E-state index in [1.54, 1.807) is 0 Å². The van der Waals surface area contributed by atoms with Crippen LogP contribution in [0.2, 0.25) is 0 Å². The van der Waals surface area contributed by atoms with Crippen LogP contribution in [0, 0.1) is 16.0 Å². The first-order valence-corrected chi connectivity index (χ1v) is 3.57. The van der Waals surface area contributed by atoms with Crippen molar-refractivity contribution in [2.75, 3.05) is 0 Å². The third-order valence-electron chi connectivity index (χ3n) is 1.75. The molecule has 1 unspecified atom stereocenters. The smallest absolute Gasteiger partial charge is 0.307 e. The molecule has 1 amide bonds. The predicted molar refractivity (Wildman–Crippen MR) is 43.1 cm³/mol. The van der Waals surface area contributed by atoms with Crippen LogP contribution in [0.5, 0.6) is 0 Å². The normalized spacial score (nSPS) is 21.7. The monoisotopic (exact) mass is 184 g/mol.